The van der Waals surface area contributed by atoms with E-state index in [-0.39, 0.29) is 0 Å². The normalized spacial score (nSPS) is 11.2. The van der Waals surface area contributed by atoms with Crippen molar-refractivity contribution in [2.45, 2.75) is 0 Å². The standard InChI is InChI=1S/CH3F2N3O2/c2-4-1(5-7)6(3)8/h7-8H,(H,4,5). The molecule has 0 bridgehead atoms. The Bertz CT molecular complexity index is 93.3. The second kappa shape index (κ2) is 3.10. The average Bonchev–Trinajstić information content (AvgIpc) is 1.69. The molecule has 0 fully saturated rings. The third kappa shape index (κ3) is 1.67. The molecule has 0 heterocycles. The van der Waals surface area contributed by atoms with Crippen molar-refractivity contribution in [2.24, 2.45) is 5.21 Å². The predicted octanol–water partition coefficient (Wildman–Crippen LogP) is -0.219. The lowest BCUT2D eigenvalue weighted by Crippen LogP contribution is -2.31. The zero-order valence-electron chi connectivity index (χ0n) is 3.54. The van der Waals surface area contributed by atoms with Gasteiger partial charge >= 0.3 is 5.96 Å². The maximum absolute atomic E-state index is 11.2. The first kappa shape index (κ1) is 7.05. The van der Waals surface area contributed by atoms with Crippen molar-refractivity contribution < 1.29 is 19.4 Å². The molecule has 0 aromatic carbocycles. The van der Waals surface area contributed by atoms with E-state index >= 15 is 0 Å². The smallest absolute Gasteiger partial charge is 0.288 e. The molecule has 0 aliphatic heterocycles. The third-order valence-corrected chi connectivity index (χ3v) is 0.355. The Morgan fingerprint density at radius 3 is 2.25 bits per heavy atom. The minimum Gasteiger partial charge on any atom is -0.288 e. The van der Waals surface area contributed by atoms with Crippen molar-refractivity contribution in [3.8, 4) is 0 Å². The van der Waals surface area contributed by atoms with Gasteiger partial charge in [0.1, 0.15) is 0 Å². The van der Waals surface area contributed by atoms with Gasteiger partial charge in [0.25, 0.3) is 0 Å². The van der Waals surface area contributed by atoms with Gasteiger partial charge in [0.05, 0.1) is 0 Å². The molecule has 0 amide bonds. The van der Waals surface area contributed by atoms with Crippen LogP contribution in [0.3, 0.4) is 0 Å². The zero-order chi connectivity index (χ0) is 6.57. The van der Waals surface area contributed by atoms with Crippen molar-refractivity contribution >= 4 is 5.96 Å². The molecule has 48 valence electrons. The van der Waals surface area contributed by atoms with Gasteiger partial charge in [0.2, 0.25) is 0 Å². The predicted molar refractivity (Wildman–Crippen MR) is 18.2 cm³/mol. The number of rotatable bonds is 0. The molecule has 0 atom stereocenters. The van der Waals surface area contributed by atoms with E-state index in [0.717, 1.165) is 5.48 Å². The summed E-state index contributed by atoms with van der Waals surface area (Å²) >= 11 is 0. The van der Waals surface area contributed by atoms with Crippen LogP contribution in [0.25, 0.3) is 0 Å². The summed E-state index contributed by atoms with van der Waals surface area (Å²) in [5, 5.41) is 15.6. The van der Waals surface area contributed by atoms with Crippen LogP contribution in [0.1, 0.15) is 0 Å². The molecule has 0 saturated carbocycles. The largest absolute Gasteiger partial charge is 0.309 e. The summed E-state index contributed by atoms with van der Waals surface area (Å²) in [7, 11) is 0. The highest BCUT2D eigenvalue weighted by Gasteiger charge is 2.03. The molecular weight excluding hydrogens is 124 g/mol. The van der Waals surface area contributed by atoms with Gasteiger partial charge in [-0.15, -0.1) is 0 Å². The molecule has 0 aliphatic rings. The van der Waals surface area contributed by atoms with E-state index in [1.807, 2.05) is 0 Å². The fourth-order valence-electron chi connectivity index (χ4n) is 0.0913. The lowest BCUT2D eigenvalue weighted by molar-refractivity contribution is -0.177. The molecule has 0 saturated heterocycles. The van der Waals surface area contributed by atoms with Gasteiger partial charge in [-0.25, -0.2) is 5.48 Å². The second-order valence-electron chi connectivity index (χ2n) is 0.780. The van der Waals surface area contributed by atoms with Gasteiger partial charge in [-0.1, -0.05) is 8.96 Å². The van der Waals surface area contributed by atoms with Crippen LogP contribution in [0.15, 0.2) is 5.21 Å². The molecule has 0 unspecified atom stereocenters. The summed E-state index contributed by atoms with van der Waals surface area (Å²) in [5.41, 5.74) is 0.927. The highest BCUT2D eigenvalue weighted by Crippen LogP contribution is 1.82. The number of hydrogen-bond donors (Lipinski definition) is 3. The van der Waals surface area contributed by atoms with Gasteiger partial charge in [0.15, 0.2) is 0 Å². The molecule has 0 rings (SSSR count). The molecule has 5 nitrogen and oxygen atoms in total. The molecule has 7 heteroatoms. The SMILES string of the molecule is ONC(=NF)N(O)F. The highest BCUT2D eigenvalue weighted by molar-refractivity contribution is 5.75. The van der Waals surface area contributed by atoms with Gasteiger partial charge in [-0.2, -0.15) is 0 Å². The Labute approximate surface area is 42.6 Å². The van der Waals surface area contributed by atoms with Crippen LogP contribution < -0.4 is 5.48 Å². The molecule has 8 heavy (non-hydrogen) atoms. The van der Waals surface area contributed by atoms with Gasteiger partial charge in [-0.3, -0.25) is 10.4 Å². The Balaban J connectivity index is 3.72. The first-order valence-corrected chi connectivity index (χ1v) is 1.46. The fourth-order valence-corrected chi connectivity index (χ4v) is 0.0913. The quantitative estimate of drug-likeness (QED) is 0.182. The van der Waals surface area contributed by atoms with E-state index in [2.05, 4.69) is 0 Å². The molecule has 0 aromatic rings. The van der Waals surface area contributed by atoms with Crippen LogP contribution in [-0.4, -0.2) is 21.7 Å². The molecule has 0 radical (unpaired) electrons. The number of hydroxylamine groups is 2. The van der Waals surface area contributed by atoms with Crippen LogP contribution in [0.2, 0.25) is 0 Å². The van der Waals surface area contributed by atoms with Crippen molar-refractivity contribution in [1.82, 2.24) is 10.8 Å². The lowest BCUT2D eigenvalue weighted by Gasteiger charge is -2.01. The van der Waals surface area contributed by atoms with E-state index in [9.17, 15) is 8.96 Å². The Morgan fingerprint density at radius 1 is 1.75 bits per heavy atom. The Kier molecular flexibility index (Phi) is 2.74. The van der Waals surface area contributed by atoms with E-state index in [1.165, 1.54) is 0 Å². The first-order chi connectivity index (χ1) is 3.72. The number of nitrogens with zero attached hydrogens (tertiary/aromatic N) is 2. The van der Waals surface area contributed by atoms with Gasteiger partial charge in [0, 0.05) is 0 Å². The summed E-state index contributed by atoms with van der Waals surface area (Å²) in [5.74, 6) is -1.33. The summed E-state index contributed by atoms with van der Waals surface area (Å²) in [4.78, 5) is 0. The first-order valence-electron chi connectivity index (χ1n) is 1.46. The summed E-state index contributed by atoms with van der Waals surface area (Å²) in [6, 6.07) is 0. The number of guanidine groups is 1. The molecule has 0 spiro atoms. The van der Waals surface area contributed by atoms with E-state index in [0.29, 0.717) is 0 Å². The second-order valence-corrected chi connectivity index (χ2v) is 0.780. The topological polar surface area (TPSA) is 68.1 Å². The molecule has 0 aliphatic carbocycles. The van der Waals surface area contributed by atoms with Crippen molar-refractivity contribution in [3.63, 3.8) is 0 Å². The van der Waals surface area contributed by atoms with E-state index in [1.54, 1.807) is 5.21 Å². The maximum Gasteiger partial charge on any atom is 0.309 e. The Morgan fingerprint density at radius 2 is 2.25 bits per heavy atom. The van der Waals surface area contributed by atoms with Crippen LogP contribution in [0.5, 0.6) is 0 Å². The van der Waals surface area contributed by atoms with Gasteiger partial charge < -0.3 is 0 Å². The highest BCUT2D eigenvalue weighted by atomic mass is 19.2. The fraction of sp³-hybridized carbons (Fsp3) is 0. The average molecular weight is 127 g/mol. The molecule has 3 N–H and O–H groups in total. The maximum atomic E-state index is 11.2. The third-order valence-electron chi connectivity index (χ3n) is 0.355. The van der Waals surface area contributed by atoms with Crippen molar-refractivity contribution in [1.29, 1.82) is 0 Å². The number of nitrogens with one attached hydrogen (secondary N) is 1. The summed E-state index contributed by atoms with van der Waals surface area (Å²) in [6.45, 7) is 0. The zero-order valence-corrected chi connectivity index (χ0v) is 3.54. The minimum absolute atomic E-state index is 0.927. The molecule has 0 aromatic heterocycles. The minimum atomic E-state index is -1.33. The van der Waals surface area contributed by atoms with Crippen LogP contribution in [-0.2, 0) is 0 Å². The van der Waals surface area contributed by atoms with Crippen LogP contribution in [0.4, 0.5) is 8.96 Å². The van der Waals surface area contributed by atoms with Crippen molar-refractivity contribution in [3.05, 3.63) is 0 Å². The molecular formula is CH3F2N3O2. The number of halogens is 2. The number of hydrogen-bond acceptors (Lipinski definition) is 3. The van der Waals surface area contributed by atoms with E-state index < -0.39 is 11.2 Å². The van der Waals surface area contributed by atoms with Gasteiger partial charge in [-0.05, 0) is 10.5 Å². The lowest BCUT2D eigenvalue weighted by atomic mass is 11.1. The van der Waals surface area contributed by atoms with Crippen molar-refractivity contribution in [2.75, 3.05) is 0 Å². The van der Waals surface area contributed by atoms with E-state index in [4.69, 9.17) is 10.4 Å². The summed E-state index contributed by atoms with van der Waals surface area (Å²) < 4.78 is 22.0. The monoisotopic (exact) mass is 127 g/mol. The Hall–Kier alpha value is -0.950. The van der Waals surface area contributed by atoms with Crippen LogP contribution in [0, 0.1) is 0 Å². The summed E-state index contributed by atoms with van der Waals surface area (Å²) in [6.07, 6.45) is 0. The van der Waals surface area contributed by atoms with Crippen LogP contribution >= 0.6 is 0 Å².